The molecule has 0 aliphatic rings. The first-order valence-electron chi connectivity index (χ1n) is 7.23. The van der Waals surface area contributed by atoms with Crippen molar-refractivity contribution in [3.05, 3.63) is 41.3 Å². The van der Waals surface area contributed by atoms with Gasteiger partial charge in [-0.1, -0.05) is 5.16 Å². The predicted octanol–water partition coefficient (Wildman–Crippen LogP) is 3.28. The Kier molecular flexibility index (Phi) is 7.87. The standard InChI is InChI=1S/C16H22N4O2.HI/c1-11-15(12(2)22-20-11)5-4-10-18-16(17)19-13-6-8-14(21-3)9-7-13;/h6-9H,4-5,10H2,1-3H3,(H3,17,18,19);1H. The first-order valence-corrected chi connectivity index (χ1v) is 7.23. The van der Waals surface area contributed by atoms with Gasteiger partial charge in [0.05, 0.1) is 12.8 Å². The van der Waals surface area contributed by atoms with Crippen LogP contribution in [0.2, 0.25) is 0 Å². The molecule has 2 aromatic rings. The lowest BCUT2D eigenvalue weighted by atomic mass is 10.1. The molecule has 0 bridgehead atoms. The number of aryl methyl sites for hydroxylation is 2. The number of benzene rings is 1. The molecule has 126 valence electrons. The van der Waals surface area contributed by atoms with E-state index in [1.165, 1.54) is 0 Å². The van der Waals surface area contributed by atoms with E-state index < -0.39 is 0 Å². The van der Waals surface area contributed by atoms with Gasteiger partial charge in [-0.05, 0) is 51.0 Å². The average Bonchev–Trinajstić information content (AvgIpc) is 2.83. The van der Waals surface area contributed by atoms with Crippen LogP contribution in [-0.2, 0) is 6.42 Å². The summed E-state index contributed by atoms with van der Waals surface area (Å²) in [4.78, 5) is 4.32. The largest absolute Gasteiger partial charge is 0.497 e. The lowest BCUT2D eigenvalue weighted by Gasteiger charge is -2.06. The maximum Gasteiger partial charge on any atom is 0.193 e. The van der Waals surface area contributed by atoms with Gasteiger partial charge in [0, 0.05) is 17.8 Å². The van der Waals surface area contributed by atoms with Crippen LogP contribution in [0.3, 0.4) is 0 Å². The molecular formula is C16H23IN4O2. The van der Waals surface area contributed by atoms with Crippen molar-refractivity contribution >= 4 is 35.6 Å². The summed E-state index contributed by atoms with van der Waals surface area (Å²) in [6, 6.07) is 7.52. The van der Waals surface area contributed by atoms with E-state index in [2.05, 4.69) is 15.5 Å². The van der Waals surface area contributed by atoms with Gasteiger partial charge in [-0.25, -0.2) is 0 Å². The summed E-state index contributed by atoms with van der Waals surface area (Å²) in [5, 5.41) is 6.99. The van der Waals surface area contributed by atoms with Crippen molar-refractivity contribution in [3.8, 4) is 5.75 Å². The Morgan fingerprint density at radius 1 is 1.30 bits per heavy atom. The maximum atomic E-state index is 5.87. The minimum Gasteiger partial charge on any atom is -0.497 e. The van der Waals surface area contributed by atoms with Crippen LogP contribution >= 0.6 is 24.0 Å². The minimum atomic E-state index is 0. The van der Waals surface area contributed by atoms with Crippen molar-refractivity contribution in [1.82, 2.24) is 5.16 Å². The Morgan fingerprint density at radius 2 is 2.00 bits per heavy atom. The van der Waals surface area contributed by atoms with E-state index in [0.717, 1.165) is 41.3 Å². The van der Waals surface area contributed by atoms with Gasteiger partial charge in [0.1, 0.15) is 11.5 Å². The number of methoxy groups -OCH3 is 1. The summed E-state index contributed by atoms with van der Waals surface area (Å²) in [5.41, 5.74) is 8.87. The Hall–Kier alpha value is -1.77. The number of nitrogens with two attached hydrogens (primary N) is 1. The van der Waals surface area contributed by atoms with Crippen LogP contribution in [0.4, 0.5) is 5.69 Å². The van der Waals surface area contributed by atoms with Crippen molar-refractivity contribution in [2.75, 3.05) is 19.0 Å². The highest BCUT2D eigenvalue weighted by molar-refractivity contribution is 14.0. The highest BCUT2D eigenvalue weighted by atomic mass is 127. The summed E-state index contributed by atoms with van der Waals surface area (Å²) in [7, 11) is 1.64. The topological polar surface area (TPSA) is 85.7 Å². The molecule has 7 heteroatoms. The van der Waals surface area contributed by atoms with E-state index in [9.17, 15) is 0 Å². The molecule has 0 fully saturated rings. The predicted molar refractivity (Wildman–Crippen MR) is 103 cm³/mol. The number of anilines is 1. The molecule has 0 amide bonds. The van der Waals surface area contributed by atoms with Gasteiger partial charge in [-0.15, -0.1) is 24.0 Å². The Morgan fingerprint density at radius 3 is 2.57 bits per heavy atom. The summed E-state index contributed by atoms with van der Waals surface area (Å²) in [5.74, 6) is 2.09. The van der Waals surface area contributed by atoms with Crippen LogP contribution in [0.5, 0.6) is 5.75 Å². The Labute approximate surface area is 153 Å². The SMILES string of the molecule is COc1ccc(NC(N)=NCCCc2c(C)noc2C)cc1.I. The second kappa shape index (κ2) is 9.39. The molecular weight excluding hydrogens is 407 g/mol. The molecule has 0 radical (unpaired) electrons. The van der Waals surface area contributed by atoms with Crippen molar-refractivity contribution in [2.24, 2.45) is 10.7 Å². The fourth-order valence-corrected chi connectivity index (χ4v) is 2.18. The third-order valence-electron chi connectivity index (χ3n) is 3.41. The van der Waals surface area contributed by atoms with E-state index in [1.54, 1.807) is 7.11 Å². The number of nitrogens with zero attached hydrogens (tertiary/aromatic N) is 2. The number of halogens is 1. The molecule has 23 heavy (non-hydrogen) atoms. The zero-order valence-corrected chi connectivity index (χ0v) is 16.0. The highest BCUT2D eigenvalue weighted by Crippen LogP contribution is 2.15. The third-order valence-corrected chi connectivity index (χ3v) is 3.41. The fraction of sp³-hybridized carbons (Fsp3) is 0.375. The van der Waals surface area contributed by atoms with Gasteiger partial charge in [0.2, 0.25) is 0 Å². The number of hydrogen-bond donors (Lipinski definition) is 2. The summed E-state index contributed by atoms with van der Waals surface area (Å²) in [6.45, 7) is 4.53. The fourth-order valence-electron chi connectivity index (χ4n) is 2.18. The van der Waals surface area contributed by atoms with Crippen LogP contribution in [0.25, 0.3) is 0 Å². The quantitative estimate of drug-likeness (QED) is 0.318. The zero-order chi connectivity index (χ0) is 15.9. The van der Waals surface area contributed by atoms with Crippen molar-refractivity contribution in [2.45, 2.75) is 26.7 Å². The molecule has 0 aliphatic carbocycles. The molecule has 0 saturated carbocycles. The smallest absolute Gasteiger partial charge is 0.193 e. The van der Waals surface area contributed by atoms with Crippen molar-refractivity contribution < 1.29 is 9.26 Å². The first-order chi connectivity index (χ1) is 10.6. The lowest BCUT2D eigenvalue weighted by Crippen LogP contribution is -2.22. The van der Waals surface area contributed by atoms with E-state index >= 15 is 0 Å². The Bertz CT molecular complexity index is 619. The van der Waals surface area contributed by atoms with E-state index in [-0.39, 0.29) is 24.0 Å². The van der Waals surface area contributed by atoms with Crippen molar-refractivity contribution in [3.63, 3.8) is 0 Å². The third kappa shape index (κ3) is 5.74. The molecule has 1 aromatic carbocycles. The number of ether oxygens (including phenoxy) is 1. The van der Waals surface area contributed by atoms with E-state index in [4.69, 9.17) is 15.0 Å². The molecule has 1 heterocycles. The summed E-state index contributed by atoms with van der Waals surface area (Å²) in [6.07, 6.45) is 1.79. The number of nitrogens with one attached hydrogen (secondary N) is 1. The molecule has 0 aliphatic heterocycles. The minimum absolute atomic E-state index is 0. The number of rotatable bonds is 6. The van der Waals surface area contributed by atoms with E-state index in [0.29, 0.717) is 12.5 Å². The molecule has 2 rings (SSSR count). The van der Waals surface area contributed by atoms with E-state index in [1.807, 2.05) is 38.1 Å². The molecule has 3 N–H and O–H groups in total. The van der Waals surface area contributed by atoms with Crippen LogP contribution in [-0.4, -0.2) is 24.8 Å². The number of aromatic nitrogens is 1. The summed E-state index contributed by atoms with van der Waals surface area (Å²) >= 11 is 0. The lowest BCUT2D eigenvalue weighted by molar-refractivity contribution is 0.392. The van der Waals surface area contributed by atoms with Gasteiger partial charge in [0.15, 0.2) is 5.96 Å². The monoisotopic (exact) mass is 430 g/mol. The van der Waals surface area contributed by atoms with Gasteiger partial charge < -0.3 is 20.3 Å². The molecule has 0 spiro atoms. The van der Waals surface area contributed by atoms with Gasteiger partial charge in [0.25, 0.3) is 0 Å². The van der Waals surface area contributed by atoms with Crippen LogP contribution in [0.1, 0.15) is 23.4 Å². The summed E-state index contributed by atoms with van der Waals surface area (Å²) < 4.78 is 10.2. The van der Waals surface area contributed by atoms with Gasteiger partial charge in [-0.2, -0.15) is 0 Å². The Balaban J connectivity index is 0.00000264. The number of aliphatic imine (C=N–C) groups is 1. The number of guanidine groups is 1. The van der Waals surface area contributed by atoms with Crippen LogP contribution in [0, 0.1) is 13.8 Å². The second-order valence-corrected chi connectivity index (χ2v) is 5.03. The van der Waals surface area contributed by atoms with Crippen LogP contribution < -0.4 is 15.8 Å². The number of hydrogen-bond acceptors (Lipinski definition) is 4. The molecule has 0 saturated heterocycles. The zero-order valence-electron chi connectivity index (χ0n) is 13.6. The molecule has 6 nitrogen and oxygen atoms in total. The van der Waals surface area contributed by atoms with Gasteiger partial charge >= 0.3 is 0 Å². The molecule has 0 atom stereocenters. The van der Waals surface area contributed by atoms with Gasteiger partial charge in [-0.3, -0.25) is 4.99 Å². The highest BCUT2D eigenvalue weighted by Gasteiger charge is 2.07. The average molecular weight is 430 g/mol. The second-order valence-electron chi connectivity index (χ2n) is 5.03. The van der Waals surface area contributed by atoms with Crippen molar-refractivity contribution in [1.29, 1.82) is 0 Å². The van der Waals surface area contributed by atoms with Crippen LogP contribution in [0.15, 0.2) is 33.8 Å². The molecule has 0 unspecified atom stereocenters. The molecule has 1 aromatic heterocycles. The maximum absolute atomic E-state index is 5.87. The normalized spacial score (nSPS) is 11.0. The first kappa shape index (κ1) is 19.3.